The van der Waals surface area contributed by atoms with E-state index in [2.05, 4.69) is 43.6 Å². The Morgan fingerprint density at radius 2 is 1.80 bits per heavy atom. The van der Waals surface area contributed by atoms with Crippen LogP contribution in [0.2, 0.25) is 0 Å². The van der Waals surface area contributed by atoms with Gasteiger partial charge < -0.3 is 0 Å². The molecule has 0 amide bonds. The molecule has 0 unspecified atom stereocenters. The molecule has 0 aliphatic carbocycles. The second-order valence-electron chi connectivity index (χ2n) is 2.00. The Balaban J connectivity index is 3.04. The van der Waals surface area contributed by atoms with Gasteiger partial charge in [-0.25, -0.2) is 0 Å². The molecule has 0 aromatic heterocycles. The van der Waals surface area contributed by atoms with Crippen molar-refractivity contribution in [1.29, 1.82) is 0 Å². The number of unbranched alkanes of at least 4 members (excludes halogenated alkanes) is 2. The van der Waals surface area contributed by atoms with E-state index in [1.165, 1.54) is 12.8 Å². The molecule has 0 aliphatic rings. The van der Waals surface area contributed by atoms with Crippen LogP contribution in [0.1, 0.15) is 26.2 Å². The zero-order chi connectivity index (χ0) is 8.04. The van der Waals surface area contributed by atoms with Crippen molar-refractivity contribution in [2.24, 2.45) is 0 Å². The molecular formula is C5H11Br3OZr. The number of hydrogen-bond donors (Lipinski definition) is 0. The summed E-state index contributed by atoms with van der Waals surface area (Å²) in [5, 5.41) is 0. The van der Waals surface area contributed by atoms with E-state index in [0.29, 0.717) is 0 Å². The first-order valence-corrected chi connectivity index (χ1v) is 21.1. The van der Waals surface area contributed by atoms with Crippen LogP contribution in [0.5, 0.6) is 0 Å². The average Bonchev–Trinajstić information content (AvgIpc) is 1.78. The minimum atomic E-state index is -2.41. The summed E-state index contributed by atoms with van der Waals surface area (Å²) in [7, 11) is 0. The molecule has 0 spiro atoms. The normalized spacial score (nSPS) is 12.0. The van der Waals surface area contributed by atoms with E-state index in [-0.39, 0.29) is 0 Å². The van der Waals surface area contributed by atoms with Crippen LogP contribution in [-0.2, 0) is 16.5 Å². The fourth-order valence-corrected chi connectivity index (χ4v) is 4.34. The van der Waals surface area contributed by atoms with Crippen LogP contribution in [0, 0.1) is 0 Å². The number of hydrogen-bond acceptors (Lipinski definition) is 1. The van der Waals surface area contributed by atoms with E-state index in [1.807, 2.05) is 0 Å². The summed E-state index contributed by atoms with van der Waals surface area (Å²) in [4.78, 5) is 0. The molecule has 5 heteroatoms. The minimum absolute atomic E-state index is 0.867. The molecule has 1 nitrogen and oxygen atoms in total. The van der Waals surface area contributed by atoms with Gasteiger partial charge in [0.2, 0.25) is 0 Å². The van der Waals surface area contributed by atoms with Gasteiger partial charge in [-0.3, -0.25) is 0 Å². The maximum atomic E-state index is 5.49. The average molecular weight is 418 g/mol. The third-order valence-corrected chi connectivity index (χ3v) is 6.38. The van der Waals surface area contributed by atoms with Crippen molar-refractivity contribution in [3.05, 3.63) is 0 Å². The molecule has 0 fully saturated rings. The molecule has 0 heterocycles. The maximum absolute atomic E-state index is 5.49. The molecule has 0 bridgehead atoms. The van der Waals surface area contributed by atoms with Gasteiger partial charge in [0.1, 0.15) is 0 Å². The van der Waals surface area contributed by atoms with Crippen LogP contribution in [0.15, 0.2) is 0 Å². The van der Waals surface area contributed by atoms with Gasteiger partial charge >= 0.3 is 85.9 Å². The van der Waals surface area contributed by atoms with Crippen molar-refractivity contribution in [1.82, 2.24) is 0 Å². The Morgan fingerprint density at radius 1 is 1.20 bits per heavy atom. The number of rotatable bonds is 5. The Bertz CT molecular complexity index is 83.5. The van der Waals surface area contributed by atoms with Crippen LogP contribution in [-0.4, -0.2) is 6.61 Å². The quantitative estimate of drug-likeness (QED) is 0.609. The molecule has 62 valence electrons. The summed E-state index contributed by atoms with van der Waals surface area (Å²) in [6.07, 6.45) is 3.67. The molecule has 0 atom stereocenters. The summed E-state index contributed by atoms with van der Waals surface area (Å²) in [5.41, 5.74) is 0. The zero-order valence-corrected chi connectivity index (χ0v) is 13.1. The van der Waals surface area contributed by atoms with Gasteiger partial charge in [-0.05, 0) is 0 Å². The van der Waals surface area contributed by atoms with E-state index < -0.39 is 13.7 Å². The molecule has 0 aliphatic heterocycles. The summed E-state index contributed by atoms with van der Waals surface area (Å²) < 4.78 is 5.49. The van der Waals surface area contributed by atoms with Crippen LogP contribution < -0.4 is 0 Å². The SMILES string of the molecule is CCCCC[O][Zr]([Br])([Br])[Br]. The second-order valence-corrected chi connectivity index (χ2v) is 43.6. The first-order valence-electron chi connectivity index (χ1n) is 3.27. The third-order valence-electron chi connectivity index (χ3n) is 1.01. The van der Waals surface area contributed by atoms with Gasteiger partial charge in [0.25, 0.3) is 0 Å². The standard InChI is InChI=1S/C5H11O.3BrH.Zr/c1-2-3-4-5-6;;;;/h2-5H2,1H3;3*1H;/q-1;;;;+4/p-3. The summed E-state index contributed by atoms with van der Waals surface area (Å²) in [6, 6.07) is 0. The fraction of sp³-hybridized carbons (Fsp3) is 1.00. The molecular weight excluding hydrogens is 407 g/mol. The van der Waals surface area contributed by atoms with Gasteiger partial charge in [0.05, 0.1) is 0 Å². The van der Waals surface area contributed by atoms with Crippen molar-refractivity contribution in [3.8, 4) is 0 Å². The van der Waals surface area contributed by atoms with Gasteiger partial charge in [-0.2, -0.15) is 0 Å². The van der Waals surface area contributed by atoms with E-state index in [4.69, 9.17) is 2.81 Å². The van der Waals surface area contributed by atoms with Gasteiger partial charge in [-0.1, -0.05) is 0 Å². The number of halogens is 3. The first-order chi connectivity index (χ1) is 4.56. The van der Waals surface area contributed by atoms with Crippen LogP contribution in [0.25, 0.3) is 0 Å². The second kappa shape index (κ2) is 6.76. The molecule has 0 aromatic carbocycles. The molecule has 0 radical (unpaired) electrons. The molecule has 0 saturated carbocycles. The Morgan fingerprint density at radius 3 is 2.20 bits per heavy atom. The fourth-order valence-electron chi connectivity index (χ4n) is 0.540. The summed E-state index contributed by atoms with van der Waals surface area (Å²) >= 11 is 7.94. The molecule has 0 rings (SSSR count). The summed E-state index contributed by atoms with van der Waals surface area (Å²) in [6.45, 7) is 3.05. The van der Waals surface area contributed by atoms with Crippen molar-refractivity contribution in [2.45, 2.75) is 26.2 Å². The van der Waals surface area contributed by atoms with Crippen LogP contribution in [0.4, 0.5) is 0 Å². The van der Waals surface area contributed by atoms with E-state index >= 15 is 0 Å². The topological polar surface area (TPSA) is 9.23 Å². The van der Waals surface area contributed by atoms with E-state index in [1.54, 1.807) is 0 Å². The van der Waals surface area contributed by atoms with Crippen LogP contribution >= 0.6 is 36.7 Å². The van der Waals surface area contributed by atoms with Gasteiger partial charge in [0.15, 0.2) is 0 Å². The predicted octanol–water partition coefficient (Wildman–Crippen LogP) is 4.19. The van der Waals surface area contributed by atoms with Crippen molar-refractivity contribution in [2.75, 3.05) is 6.61 Å². The zero-order valence-electron chi connectivity index (χ0n) is 5.87. The van der Waals surface area contributed by atoms with Gasteiger partial charge in [0, 0.05) is 0 Å². The van der Waals surface area contributed by atoms with Crippen molar-refractivity contribution in [3.63, 3.8) is 0 Å². The van der Waals surface area contributed by atoms with E-state index in [9.17, 15) is 0 Å². The predicted molar refractivity (Wildman–Crippen MR) is 52.3 cm³/mol. The molecule has 0 saturated heterocycles. The van der Waals surface area contributed by atoms with Crippen molar-refractivity contribution >= 4 is 36.7 Å². The Labute approximate surface area is 84.7 Å². The molecule has 0 aromatic rings. The van der Waals surface area contributed by atoms with E-state index in [0.717, 1.165) is 13.0 Å². The monoisotopic (exact) mass is 414 g/mol. The first kappa shape index (κ1) is 12.3. The molecule has 10 heavy (non-hydrogen) atoms. The summed E-state index contributed by atoms with van der Waals surface area (Å²) in [5.74, 6) is 0. The van der Waals surface area contributed by atoms with Crippen LogP contribution in [0.3, 0.4) is 0 Å². The third kappa shape index (κ3) is 10.3. The molecule has 0 N–H and O–H groups in total. The Hall–Kier alpha value is 2.28. The van der Waals surface area contributed by atoms with Gasteiger partial charge in [-0.15, -0.1) is 0 Å². The van der Waals surface area contributed by atoms with Crippen molar-refractivity contribution < 1.29 is 16.5 Å². The Kier molecular flexibility index (Phi) is 8.31.